The van der Waals surface area contributed by atoms with Gasteiger partial charge in [-0.2, -0.15) is 4.31 Å². The van der Waals surface area contributed by atoms with Gasteiger partial charge in [0.1, 0.15) is 9.84 Å². The van der Waals surface area contributed by atoms with E-state index >= 15 is 0 Å². The summed E-state index contributed by atoms with van der Waals surface area (Å²) in [5.41, 5.74) is 0.854. The zero-order chi connectivity index (χ0) is 23.1. The molecule has 1 rings (SSSR count). The molecule has 3 unspecified atom stereocenters. The lowest BCUT2D eigenvalue weighted by molar-refractivity contribution is -0.125. The van der Waals surface area contributed by atoms with Crippen molar-refractivity contribution >= 4 is 25.8 Å². The van der Waals surface area contributed by atoms with E-state index < -0.39 is 43.8 Å². The summed E-state index contributed by atoms with van der Waals surface area (Å²) in [7, 11) is -6.89. The van der Waals surface area contributed by atoms with Crippen molar-refractivity contribution in [1.82, 2.24) is 9.62 Å². The van der Waals surface area contributed by atoms with Crippen LogP contribution in [0.3, 0.4) is 0 Å². The standard InChI is InChI=1S/C20H34N2O6S2/c1-15(2)12-22(30(5,27)28)13-19(23)18(11-17-9-7-6-8-10-17)21-20(24)16(3)14-29(4,25)26/h6-10,15-16,18-19,23H,11-14H2,1-5H3,(H,21,24). The van der Waals surface area contributed by atoms with Gasteiger partial charge in [0, 0.05) is 25.3 Å². The number of aliphatic hydroxyl groups is 1. The van der Waals surface area contributed by atoms with Crippen LogP contribution in [-0.2, 0) is 31.1 Å². The summed E-state index contributed by atoms with van der Waals surface area (Å²) in [6.45, 7) is 5.33. The molecular weight excluding hydrogens is 428 g/mol. The lowest BCUT2D eigenvalue weighted by Crippen LogP contribution is -2.52. The zero-order valence-electron chi connectivity index (χ0n) is 18.3. The van der Waals surface area contributed by atoms with E-state index in [1.807, 2.05) is 44.2 Å². The number of aliphatic hydroxyl groups excluding tert-OH is 1. The SMILES string of the molecule is CC(C)CN(CC(O)C(Cc1ccccc1)NC(=O)C(C)CS(C)(=O)=O)S(C)(=O)=O. The number of rotatable bonds is 12. The Hall–Kier alpha value is -1.49. The first kappa shape index (κ1) is 26.5. The monoisotopic (exact) mass is 462 g/mol. The molecule has 2 N–H and O–H groups in total. The van der Waals surface area contributed by atoms with Crippen molar-refractivity contribution in [3.8, 4) is 0 Å². The largest absolute Gasteiger partial charge is 0.390 e. The summed E-state index contributed by atoms with van der Waals surface area (Å²) in [5.74, 6) is -1.55. The molecule has 3 atom stereocenters. The van der Waals surface area contributed by atoms with Crippen LogP contribution in [-0.4, -0.2) is 75.7 Å². The Morgan fingerprint density at radius 1 is 1.03 bits per heavy atom. The van der Waals surface area contributed by atoms with Crippen molar-refractivity contribution in [1.29, 1.82) is 0 Å². The molecule has 10 heteroatoms. The molecule has 0 saturated heterocycles. The number of sulfonamides is 1. The highest BCUT2D eigenvalue weighted by Crippen LogP contribution is 2.12. The van der Waals surface area contributed by atoms with E-state index in [4.69, 9.17) is 0 Å². The normalized spacial score (nSPS) is 15.7. The van der Waals surface area contributed by atoms with Crippen LogP contribution in [0.15, 0.2) is 30.3 Å². The van der Waals surface area contributed by atoms with Crippen LogP contribution in [0.5, 0.6) is 0 Å². The second-order valence-corrected chi connectivity index (χ2v) is 12.5. The van der Waals surface area contributed by atoms with E-state index in [1.54, 1.807) is 0 Å². The molecule has 0 spiro atoms. The third kappa shape index (κ3) is 10.0. The average molecular weight is 463 g/mol. The highest BCUT2D eigenvalue weighted by Gasteiger charge is 2.29. The van der Waals surface area contributed by atoms with Gasteiger partial charge in [0.25, 0.3) is 0 Å². The minimum absolute atomic E-state index is 0.0591. The second-order valence-electron chi connectivity index (χ2n) is 8.34. The van der Waals surface area contributed by atoms with Crippen molar-refractivity contribution in [3.63, 3.8) is 0 Å². The van der Waals surface area contributed by atoms with E-state index in [9.17, 15) is 26.7 Å². The molecule has 0 aromatic heterocycles. The molecule has 0 fully saturated rings. The van der Waals surface area contributed by atoms with Crippen LogP contribution in [0.4, 0.5) is 0 Å². The van der Waals surface area contributed by atoms with Crippen LogP contribution < -0.4 is 5.32 Å². The van der Waals surface area contributed by atoms with Crippen LogP contribution in [0.2, 0.25) is 0 Å². The predicted molar refractivity (Wildman–Crippen MR) is 118 cm³/mol. The molecule has 1 aromatic carbocycles. The van der Waals surface area contributed by atoms with E-state index in [-0.39, 0.29) is 31.2 Å². The van der Waals surface area contributed by atoms with Gasteiger partial charge < -0.3 is 10.4 Å². The number of benzene rings is 1. The number of carbonyl (C=O) groups is 1. The highest BCUT2D eigenvalue weighted by atomic mass is 32.2. The molecule has 0 aliphatic heterocycles. The highest BCUT2D eigenvalue weighted by molar-refractivity contribution is 7.90. The molecule has 0 aliphatic rings. The smallest absolute Gasteiger partial charge is 0.224 e. The molecule has 172 valence electrons. The molecule has 0 aliphatic carbocycles. The fourth-order valence-electron chi connectivity index (χ4n) is 3.09. The van der Waals surface area contributed by atoms with Crippen LogP contribution in [0, 0.1) is 11.8 Å². The number of nitrogens with zero attached hydrogens (tertiary/aromatic N) is 1. The summed E-state index contributed by atoms with van der Waals surface area (Å²) < 4.78 is 48.5. The maximum Gasteiger partial charge on any atom is 0.224 e. The summed E-state index contributed by atoms with van der Waals surface area (Å²) in [5, 5.41) is 13.6. The van der Waals surface area contributed by atoms with E-state index in [0.29, 0.717) is 0 Å². The first-order valence-corrected chi connectivity index (χ1v) is 13.7. The van der Waals surface area contributed by atoms with E-state index in [0.717, 1.165) is 18.1 Å². The summed E-state index contributed by atoms with van der Waals surface area (Å²) in [4.78, 5) is 12.6. The molecule has 30 heavy (non-hydrogen) atoms. The van der Waals surface area contributed by atoms with Gasteiger partial charge in [-0.25, -0.2) is 16.8 Å². The van der Waals surface area contributed by atoms with Crippen LogP contribution in [0.25, 0.3) is 0 Å². The molecular formula is C20H34N2O6S2. The molecule has 0 saturated carbocycles. The van der Waals surface area contributed by atoms with Gasteiger partial charge in [-0.05, 0) is 17.9 Å². The van der Waals surface area contributed by atoms with Gasteiger partial charge in [-0.1, -0.05) is 51.1 Å². The maximum absolute atomic E-state index is 12.6. The second kappa shape index (κ2) is 11.2. The number of sulfone groups is 1. The Kier molecular flexibility index (Phi) is 9.93. The molecule has 1 aromatic rings. The van der Waals surface area contributed by atoms with Gasteiger partial charge in [-0.3, -0.25) is 4.79 Å². The van der Waals surface area contributed by atoms with Crippen LogP contribution >= 0.6 is 0 Å². The third-order valence-corrected chi connectivity index (χ3v) is 6.86. The number of carbonyl (C=O) groups excluding carboxylic acids is 1. The fraction of sp³-hybridized carbons (Fsp3) is 0.650. The Bertz CT molecular complexity index is 885. The summed E-state index contributed by atoms with van der Waals surface area (Å²) in [6.07, 6.45) is 1.25. The Balaban J connectivity index is 3.05. The quantitative estimate of drug-likeness (QED) is 0.471. The molecule has 0 heterocycles. The van der Waals surface area contributed by atoms with Gasteiger partial charge in [0.15, 0.2) is 0 Å². The minimum Gasteiger partial charge on any atom is -0.390 e. The molecule has 8 nitrogen and oxygen atoms in total. The summed E-state index contributed by atoms with van der Waals surface area (Å²) >= 11 is 0. The van der Waals surface area contributed by atoms with Gasteiger partial charge in [-0.15, -0.1) is 0 Å². The fourth-order valence-corrected chi connectivity index (χ4v) is 5.15. The van der Waals surface area contributed by atoms with Gasteiger partial charge in [0.2, 0.25) is 15.9 Å². The van der Waals surface area contributed by atoms with Gasteiger partial charge >= 0.3 is 0 Å². The Morgan fingerprint density at radius 2 is 1.60 bits per heavy atom. The number of nitrogens with one attached hydrogen (secondary N) is 1. The van der Waals surface area contributed by atoms with Crippen molar-refractivity contribution in [3.05, 3.63) is 35.9 Å². The first-order valence-electron chi connectivity index (χ1n) is 9.84. The number of hydrogen-bond donors (Lipinski definition) is 2. The lowest BCUT2D eigenvalue weighted by Gasteiger charge is -2.30. The third-order valence-electron chi connectivity index (χ3n) is 4.52. The predicted octanol–water partition coefficient (Wildman–Crippen LogP) is 0.673. The van der Waals surface area contributed by atoms with Crippen molar-refractivity contribution in [2.45, 2.75) is 39.3 Å². The zero-order valence-corrected chi connectivity index (χ0v) is 19.9. The van der Waals surface area contributed by atoms with E-state index in [1.165, 1.54) is 11.2 Å². The lowest BCUT2D eigenvalue weighted by atomic mass is 10.00. The van der Waals surface area contributed by atoms with Crippen LogP contribution in [0.1, 0.15) is 26.3 Å². The Labute approximate surface area is 180 Å². The van der Waals surface area contributed by atoms with Crippen molar-refractivity contribution in [2.24, 2.45) is 11.8 Å². The first-order chi connectivity index (χ1) is 13.7. The minimum atomic E-state index is -3.55. The number of hydrogen-bond acceptors (Lipinski definition) is 6. The maximum atomic E-state index is 12.6. The van der Waals surface area contributed by atoms with Crippen molar-refractivity contribution < 1.29 is 26.7 Å². The average Bonchev–Trinajstić information content (AvgIpc) is 2.58. The molecule has 1 amide bonds. The summed E-state index contributed by atoms with van der Waals surface area (Å²) in [6, 6.07) is 8.40. The topological polar surface area (TPSA) is 121 Å². The van der Waals surface area contributed by atoms with E-state index in [2.05, 4.69) is 5.32 Å². The Morgan fingerprint density at radius 3 is 2.07 bits per heavy atom. The van der Waals surface area contributed by atoms with Gasteiger partial charge in [0.05, 0.1) is 24.2 Å². The molecule has 0 bridgehead atoms. The molecule has 0 radical (unpaired) electrons. The number of amides is 1. The van der Waals surface area contributed by atoms with Crippen molar-refractivity contribution in [2.75, 3.05) is 31.4 Å².